The number of aliphatic hydroxyl groups is 1. The van der Waals surface area contributed by atoms with Gasteiger partial charge in [0, 0.05) is 19.1 Å². The van der Waals surface area contributed by atoms with Gasteiger partial charge in [-0.1, -0.05) is 6.42 Å². The molecule has 1 fully saturated rings. The molecule has 15 heavy (non-hydrogen) atoms. The summed E-state index contributed by atoms with van der Waals surface area (Å²) in [5, 5.41) is 12.5. The molecule has 2 N–H and O–H groups in total. The number of hydrogen-bond acceptors (Lipinski definition) is 4. The van der Waals surface area contributed by atoms with Crippen molar-refractivity contribution < 1.29 is 14.6 Å². The van der Waals surface area contributed by atoms with E-state index in [0.29, 0.717) is 18.4 Å². The maximum Gasteiger partial charge on any atom is 0.305 e. The molecule has 1 saturated carbocycles. The highest BCUT2D eigenvalue weighted by atomic mass is 16.5. The maximum atomic E-state index is 10.8. The van der Waals surface area contributed by atoms with Crippen molar-refractivity contribution in [3.63, 3.8) is 0 Å². The van der Waals surface area contributed by atoms with Crippen molar-refractivity contribution in [2.75, 3.05) is 20.3 Å². The van der Waals surface area contributed by atoms with E-state index in [1.54, 1.807) is 0 Å². The summed E-state index contributed by atoms with van der Waals surface area (Å²) < 4.78 is 4.56. The number of methoxy groups -OCH3 is 1. The highest BCUT2D eigenvalue weighted by Gasteiger charge is 2.25. The molecule has 0 saturated heterocycles. The van der Waals surface area contributed by atoms with Gasteiger partial charge in [-0.05, 0) is 31.7 Å². The van der Waals surface area contributed by atoms with E-state index in [9.17, 15) is 4.79 Å². The second-order valence-corrected chi connectivity index (χ2v) is 4.11. The second kappa shape index (κ2) is 6.80. The lowest BCUT2D eigenvalue weighted by Crippen LogP contribution is -2.34. The molecule has 2 atom stereocenters. The van der Waals surface area contributed by atoms with Crippen LogP contribution in [0.25, 0.3) is 0 Å². The molecule has 0 aromatic heterocycles. The molecule has 4 nitrogen and oxygen atoms in total. The minimum absolute atomic E-state index is 0.151. The number of aliphatic hydroxyl groups excluding tert-OH is 1. The number of esters is 1. The normalized spacial score (nSPS) is 25.5. The Hall–Kier alpha value is -0.610. The van der Waals surface area contributed by atoms with Crippen LogP contribution in [-0.2, 0) is 9.53 Å². The minimum atomic E-state index is -0.151. The van der Waals surface area contributed by atoms with Crippen molar-refractivity contribution >= 4 is 5.97 Å². The van der Waals surface area contributed by atoms with Gasteiger partial charge in [-0.25, -0.2) is 0 Å². The van der Waals surface area contributed by atoms with Crippen molar-refractivity contribution in [1.29, 1.82) is 0 Å². The first-order chi connectivity index (χ1) is 7.27. The third-order valence-corrected chi connectivity index (χ3v) is 3.09. The molecule has 4 heteroatoms. The Labute approximate surface area is 91.0 Å². The number of rotatable bonds is 6. The third kappa shape index (κ3) is 4.18. The summed E-state index contributed by atoms with van der Waals surface area (Å²) in [6, 6.07) is 0.438. The fourth-order valence-electron chi connectivity index (χ4n) is 2.15. The highest BCUT2D eigenvalue weighted by molar-refractivity contribution is 5.69. The van der Waals surface area contributed by atoms with Gasteiger partial charge < -0.3 is 15.2 Å². The molecule has 0 heterocycles. The lowest BCUT2D eigenvalue weighted by atomic mass is 10.1. The van der Waals surface area contributed by atoms with Crippen LogP contribution in [0.3, 0.4) is 0 Å². The zero-order valence-corrected chi connectivity index (χ0v) is 9.37. The zero-order chi connectivity index (χ0) is 11.1. The predicted molar refractivity (Wildman–Crippen MR) is 57.5 cm³/mol. The first kappa shape index (κ1) is 12.5. The van der Waals surface area contributed by atoms with Crippen molar-refractivity contribution in [2.24, 2.45) is 5.92 Å². The number of carbonyl (C=O) groups is 1. The van der Waals surface area contributed by atoms with Gasteiger partial charge >= 0.3 is 5.97 Å². The largest absolute Gasteiger partial charge is 0.469 e. The van der Waals surface area contributed by atoms with E-state index in [4.69, 9.17) is 5.11 Å². The van der Waals surface area contributed by atoms with Crippen LogP contribution in [0.15, 0.2) is 0 Å². The standard InChI is InChI=1S/C11H21NO3/c1-15-11(14)6-3-7-12-10-5-2-4-9(10)8-13/h9-10,12-13H,2-8H2,1H3. The van der Waals surface area contributed by atoms with Gasteiger partial charge in [0.2, 0.25) is 0 Å². The van der Waals surface area contributed by atoms with Gasteiger partial charge in [0.1, 0.15) is 0 Å². The summed E-state index contributed by atoms with van der Waals surface area (Å²) in [7, 11) is 1.41. The quantitative estimate of drug-likeness (QED) is 0.505. The summed E-state index contributed by atoms with van der Waals surface area (Å²) in [5.41, 5.74) is 0. The molecule has 1 aliphatic carbocycles. The average molecular weight is 215 g/mol. The van der Waals surface area contributed by atoms with Crippen molar-refractivity contribution in [3.8, 4) is 0 Å². The summed E-state index contributed by atoms with van der Waals surface area (Å²) in [6.07, 6.45) is 4.73. The fraction of sp³-hybridized carbons (Fsp3) is 0.909. The monoisotopic (exact) mass is 215 g/mol. The smallest absolute Gasteiger partial charge is 0.305 e. The molecule has 0 radical (unpaired) electrons. The summed E-state index contributed by atoms with van der Waals surface area (Å²) in [4.78, 5) is 10.8. The van der Waals surface area contributed by atoms with Crippen LogP contribution in [0.5, 0.6) is 0 Å². The van der Waals surface area contributed by atoms with Crippen LogP contribution in [0.1, 0.15) is 32.1 Å². The summed E-state index contributed by atoms with van der Waals surface area (Å²) in [6.45, 7) is 1.10. The van der Waals surface area contributed by atoms with Crippen molar-refractivity contribution in [3.05, 3.63) is 0 Å². The summed E-state index contributed by atoms with van der Waals surface area (Å²) in [5.74, 6) is 0.255. The van der Waals surface area contributed by atoms with Crippen LogP contribution in [0.2, 0.25) is 0 Å². The Balaban J connectivity index is 2.06. The highest BCUT2D eigenvalue weighted by Crippen LogP contribution is 2.24. The van der Waals surface area contributed by atoms with E-state index in [-0.39, 0.29) is 12.6 Å². The van der Waals surface area contributed by atoms with Crippen LogP contribution in [0, 0.1) is 5.92 Å². The predicted octanol–water partition coefficient (Wildman–Crippen LogP) is 0.690. The molecule has 0 spiro atoms. The Morgan fingerprint density at radius 3 is 3.00 bits per heavy atom. The first-order valence-electron chi connectivity index (χ1n) is 5.69. The fourth-order valence-corrected chi connectivity index (χ4v) is 2.15. The molecule has 1 aliphatic rings. The molecular weight excluding hydrogens is 194 g/mol. The zero-order valence-electron chi connectivity index (χ0n) is 9.37. The van der Waals surface area contributed by atoms with Gasteiger partial charge in [0.25, 0.3) is 0 Å². The minimum Gasteiger partial charge on any atom is -0.469 e. The second-order valence-electron chi connectivity index (χ2n) is 4.11. The van der Waals surface area contributed by atoms with Crippen molar-refractivity contribution in [1.82, 2.24) is 5.32 Å². The molecule has 1 rings (SSSR count). The number of ether oxygens (including phenoxy) is 1. The SMILES string of the molecule is COC(=O)CCCNC1CCCC1CO. The molecule has 0 aromatic carbocycles. The van der Waals surface area contributed by atoms with Crippen molar-refractivity contribution in [2.45, 2.75) is 38.1 Å². The van der Waals surface area contributed by atoms with E-state index in [2.05, 4.69) is 10.1 Å². The number of hydrogen-bond donors (Lipinski definition) is 2. The molecule has 0 aromatic rings. The molecular formula is C11H21NO3. The Morgan fingerprint density at radius 2 is 2.33 bits per heavy atom. The van der Waals surface area contributed by atoms with Crippen LogP contribution < -0.4 is 5.32 Å². The van der Waals surface area contributed by atoms with Gasteiger partial charge in [0.05, 0.1) is 7.11 Å². The number of carbonyl (C=O) groups excluding carboxylic acids is 1. The molecule has 88 valence electrons. The van der Waals surface area contributed by atoms with Crippen LogP contribution in [0.4, 0.5) is 0 Å². The van der Waals surface area contributed by atoms with E-state index in [1.807, 2.05) is 0 Å². The first-order valence-corrected chi connectivity index (χ1v) is 5.69. The van der Waals surface area contributed by atoms with E-state index < -0.39 is 0 Å². The Morgan fingerprint density at radius 1 is 1.53 bits per heavy atom. The summed E-state index contributed by atoms with van der Waals surface area (Å²) >= 11 is 0. The Bertz CT molecular complexity index is 196. The lowest BCUT2D eigenvalue weighted by molar-refractivity contribution is -0.140. The number of nitrogens with one attached hydrogen (secondary N) is 1. The van der Waals surface area contributed by atoms with Crippen LogP contribution >= 0.6 is 0 Å². The van der Waals surface area contributed by atoms with Gasteiger partial charge in [-0.15, -0.1) is 0 Å². The molecule has 0 aliphatic heterocycles. The van der Waals surface area contributed by atoms with E-state index in [0.717, 1.165) is 25.8 Å². The van der Waals surface area contributed by atoms with Crippen LogP contribution in [-0.4, -0.2) is 37.4 Å². The van der Waals surface area contributed by atoms with Gasteiger partial charge in [0.15, 0.2) is 0 Å². The Kier molecular flexibility index (Phi) is 5.65. The molecule has 0 bridgehead atoms. The topological polar surface area (TPSA) is 58.6 Å². The lowest BCUT2D eigenvalue weighted by Gasteiger charge is -2.18. The van der Waals surface area contributed by atoms with E-state index >= 15 is 0 Å². The van der Waals surface area contributed by atoms with E-state index in [1.165, 1.54) is 13.5 Å². The van der Waals surface area contributed by atoms with Gasteiger partial charge in [-0.3, -0.25) is 4.79 Å². The van der Waals surface area contributed by atoms with Gasteiger partial charge in [-0.2, -0.15) is 0 Å². The average Bonchev–Trinajstić information content (AvgIpc) is 2.71. The third-order valence-electron chi connectivity index (χ3n) is 3.09. The molecule has 0 amide bonds. The maximum absolute atomic E-state index is 10.8. The molecule has 2 unspecified atom stereocenters.